The second-order valence-electron chi connectivity index (χ2n) is 4.61. The summed E-state index contributed by atoms with van der Waals surface area (Å²) in [5, 5.41) is 12.2. The van der Waals surface area contributed by atoms with Crippen LogP contribution in [0.1, 0.15) is 37.0 Å². The summed E-state index contributed by atoms with van der Waals surface area (Å²) >= 11 is 0. The zero-order chi connectivity index (χ0) is 15.3. The summed E-state index contributed by atoms with van der Waals surface area (Å²) in [7, 11) is 0. The molecule has 2 N–H and O–H groups in total. The first-order chi connectivity index (χ1) is 9.40. The number of aliphatic hydroxyl groups is 1. The van der Waals surface area contributed by atoms with Crippen LogP contribution in [0.2, 0.25) is 0 Å². The Bertz CT molecular complexity index is 452. The summed E-state index contributed by atoms with van der Waals surface area (Å²) in [4.78, 5) is 11.7. The van der Waals surface area contributed by atoms with Gasteiger partial charge < -0.3 is 10.4 Å². The lowest BCUT2D eigenvalue weighted by Crippen LogP contribution is -2.36. The molecule has 0 saturated heterocycles. The van der Waals surface area contributed by atoms with Gasteiger partial charge in [-0.25, -0.2) is 13.2 Å². The molecule has 0 aliphatic carbocycles. The lowest BCUT2D eigenvalue weighted by atomic mass is 9.96. The number of hydrogen-bond acceptors (Lipinski definition) is 2. The molecular weight excluding hydrogens is 271 g/mol. The number of benzene rings is 1. The first kappa shape index (κ1) is 16.5. The molecule has 0 aromatic heterocycles. The molecule has 0 aliphatic rings. The SMILES string of the molecule is CCC(CC)C(O)CNC(=O)c1cc(F)c(F)c(F)c1. The Hall–Kier alpha value is -1.56. The molecular formula is C14H18F3NO2. The molecule has 1 unspecified atom stereocenters. The van der Waals surface area contributed by atoms with Crippen LogP contribution < -0.4 is 5.32 Å². The predicted octanol–water partition coefficient (Wildman–Crippen LogP) is 2.63. The average molecular weight is 289 g/mol. The average Bonchev–Trinajstić information content (AvgIpc) is 2.42. The first-order valence-corrected chi connectivity index (χ1v) is 6.51. The molecule has 3 nitrogen and oxygen atoms in total. The Morgan fingerprint density at radius 1 is 1.20 bits per heavy atom. The van der Waals surface area contributed by atoms with Crippen LogP contribution >= 0.6 is 0 Å². The largest absolute Gasteiger partial charge is 0.391 e. The number of hydrogen-bond donors (Lipinski definition) is 2. The molecule has 112 valence electrons. The lowest BCUT2D eigenvalue weighted by molar-refractivity contribution is 0.0816. The quantitative estimate of drug-likeness (QED) is 0.791. The van der Waals surface area contributed by atoms with Crippen molar-refractivity contribution >= 4 is 5.91 Å². The van der Waals surface area contributed by atoms with Gasteiger partial charge in [0.25, 0.3) is 5.91 Å². The molecule has 0 fully saturated rings. The molecule has 1 atom stereocenters. The summed E-state index contributed by atoms with van der Waals surface area (Å²) in [5.74, 6) is -5.17. The van der Waals surface area contributed by atoms with Crippen molar-refractivity contribution in [2.24, 2.45) is 5.92 Å². The van der Waals surface area contributed by atoms with Crippen LogP contribution in [0.25, 0.3) is 0 Å². The van der Waals surface area contributed by atoms with Gasteiger partial charge in [-0.1, -0.05) is 26.7 Å². The maximum Gasteiger partial charge on any atom is 0.251 e. The van der Waals surface area contributed by atoms with Crippen molar-refractivity contribution in [2.45, 2.75) is 32.8 Å². The van der Waals surface area contributed by atoms with Gasteiger partial charge in [-0.15, -0.1) is 0 Å². The van der Waals surface area contributed by atoms with Gasteiger partial charge in [0.2, 0.25) is 0 Å². The minimum Gasteiger partial charge on any atom is -0.391 e. The number of halogens is 3. The van der Waals surface area contributed by atoms with Crippen molar-refractivity contribution < 1.29 is 23.1 Å². The maximum absolute atomic E-state index is 13.0. The molecule has 20 heavy (non-hydrogen) atoms. The fraction of sp³-hybridized carbons (Fsp3) is 0.500. The molecule has 1 amide bonds. The van der Waals surface area contributed by atoms with Crippen LogP contribution in [-0.4, -0.2) is 23.7 Å². The smallest absolute Gasteiger partial charge is 0.251 e. The standard InChI is InChI=1S/C14H18F3NO2/c1-3-8(4-2)12(19)7-18-14(20)9-5-10(15)13(17)11(16)6-9/h5-6,8,12,19H,3-4,7H2,1-2H3,(H,18,20). The molecule has 1 aromatic carbocycles. The Morgan fingerprint density at radius 3 is 2.15 bits per heavy atom. The van der Waals surface area contributed by atoms with Gasteiger partial charge >= 0.3 is 0 Å². The highest BCUT2D eigenvalue weighted by atomic mass is 19.2. The second kappa shape index (κ2) is 7.28. The van der Waals surface area contributed by atoms with Gasteiger partial charge in [0.05, 0.1) is 6.10 Å². The van der Waals surface area contributed by atoms with E-state index in [0.29, 0.717) is 12.1 Å². The van der Waals surface area contributed by atoms with E-state index in [1.165, 1.54) is 0 Å². The Morgan fingerprint density at radius 2 is 1.70 bits per heavy atom. The molecule has 0 saturated carbocycles. The van der Waals surface area contributed by atoms with E-state index >= 15 is 0 Å². The third-order valence-corrected chi connectivity index (χ3v) is 3.31. The van der Waals surface area contributed by atoms with E-state index in [9.17, 15) is 23.1 Å². The first-order valence-electron chi connectivity index (χ1n) is 6.51. The number of rotatable bonds is 6. The van der Waals surface area contributed by atoms with Crippen LogP contribution in [0.5, 0.6) is 0 Å². The van der Waals surface area contributed by atoms with E-state index < -0.39 is 29.5 Å². The normalized spacial score (nSPS) is 12.6. The van der Waals surface area contributed by atoms with E-state index in [2.05, 4.69) is 5.32 Å². The summed E-state index contributed by atoms with van der Waals surface area (Å²) < 4.78 is 38.7. The van der Waals surface area contributed by atoms with Crippen LogP contribution in [0.3, 0.4) is 0 Å². The summed E-state index contributed by atoms with van der Waals surface area (Å²) in [6, 6.07) is 1.24. The summed E-state index contributed by atoms with van der Waals surface area (Å²) in [6.07, 6.45) is 0.782. The maximum atomic E-state index is 13.0. The summed E-state index contributed by atoms with van der Waals surface area (Å²) in [5.41, 5.74) is -0.321. The molecule has 6 heteroatoms. The molecule has 0 heterocycles. The lowest BCUT2D eigenvalue weighted by Gasteiger charge is -2.20. The van der Waals surface area contributed by atoms with Gasteiger partial charge in [-0.05, 0) is 18.1 Å². The van der Waals surface area contributed by atoms with Crippen molar-refractivity contribution in [3.8, 4) is 0 Å². The molecule has 0 bridgehead atoms. The fourth-order valence-electron chi connectivity index (χ4n) is 1.99. The van der Waals surface area contributed by atoms with E-state index in [1.807, 2.05) is 13.8 Å². The van der Waals surface area contributed by atoms with E-state index in [1.54, 1.807) is 0 Å². The minimum absolute atomic E-state index is 0.0220. The Labute approximate surface area is 115 Å². The number of nitrogens with one attached hydrogen (secondary N) is 1. The number of carbonyl (C=O) groups excluding carboxylic acids is 1. The molecule has 0 spiro atoms. The number of amides is 1. The van der Waals surface area contributed by atoms with Crippen LogP contribution in [0.4, 0.5) is 13.2 Å². The third kappa shape index (κ3) is 3.96. The monoisotopic (exact) mass is 289 g/mol. The molecule has 0 aliphatic heterocycles. The van der Waals surface area contributed by atoms with Gasteiger partial charge in [0.15, 0.2) is 17.5 Å². The van der Waals surface area contributed by atoms with Gasteiger partial charge in [-0.3, -0.25) is 4.79 Å². The van der Waals surface area contributed by atoms with E-state index in [-0.39, 0.29) is 18.0 Å². The van der Waals surface area contributed by atoms with Crippen molar-refractivity contribution in [3.63, 3.8) is 0 Å². The van der Waals surface area contributed by atoms with Gasteiger partial charge in [0, 0.05) is 12.1 Å². The molecule has 1 rings (SSSR count). The highest BCUT2D eigenvalue weighted by molar-refractivity contribution is 5.94. The molecule has 1 aromatic rings. The van der Waals surface area contributed by atoms with Crippen molar-refractivity contribution in [2.75, 3.05) is 6.54 Å². The van der Waals surface area contributed by atoms with Crippen LogP contribution in [0, 0.1) is 23.4 Å². The highest BCUT2D eigenvalue weighted by Crippen LogP contribution is 2.15. The number of carbonyl (C=O) groups is 1. The molecule has 0 radical (unpaired) electrons. The predicted molar refractivity (Wildman–Crippen MR) is 68.7 cm³/mol. The minimum atomic E-state index is -1.61. The topological polar surface area (TPSA) is 49.3 Å². The van der Waals surface area contributed by atoms with Crippen molar-refractivity contribution in [1.82, 2.24) is 5.32 Å². The zero-order valence-corrected chi connectivity index (χ0v) is 11.4. The Kier molecular flexibility index (Phi) is 6.01. The zero-order valence-electron chi connectivity index (χ0n) is 11.4. The van der Waals surface area contributed by atoms with Crippen LogP contribution in [0.15, 0.2) is 12.1 Å². The van der Waals surface area contributed by atoms with Crippen LogP contribution in [-0.2, 0) is 0 Å². The highest BCUT2D eigenvalue weighted by Gasteiger charge is 2.18. The number of aliphatic hydroxyl groups excluding tert-OH is 1. The fourth-order valence-corrected chi connectivity index (χ4v) is 1.99. The van der Waals surface area contributed by atoms with Crippen molar-refractivity contribution in [1.29, 1.82) is 0 Å². The van der Waals surface area contributed by atoms with Gasteiger partial charge in [-0.2, -0.15) is 0 Å². The van der Waals surface area contributed by atoms with Gasteiger partial charge in [0.1, 0.15) is 0 Å². The second-order valence-corrected chi connectivity index (χ2v) is 4.61. The summed E-state index contributed by atoms with van der Waals surface area (Å²) in [6.45, 7) is 3.82. The van der Waals surface area contributed by atoms with Crippen molar-refractivity contribution in [3.05, 3.63) is 35.1 Å². The Balaban J connectivity index is 2.68. The third-order valence-electron chi connectivity index (χ3n) is 3.31. The van der Waals surface area contributed by atoms with E-state index in [4.69, 9.17) is 0 Å². The van der Waals surface area contributed by atoms with E-state index in [0.717, 1.165) is 12.8 Å².